The van der Waals surface area contributed by atoms with Crippen LogP contribution in [0.15, 0.2) is 146 Å². The minimum atomic E-state index is -5.85. The molecule has 336 valence electrons. The number of alkyl halides is 9. The standard InChI is InChI=1S/C54H42F9N3/c1-49(2)31-19-7-13-25-37(31)64(38-26-14-8-20-32(38)49)46-43(52(55,56)57)47(65-39-27-15-9-21-33(39)50(3,4)34-22-10-16-28-40(34)65)45(54(61,62)63)48(44(46)53(58,59)60)66-41-29-17-11-23-35(41)51(5,6)36-24-12-18-30-42(36)66/h7-30H,1-6H3. The first-order valence-electron chi connectivity index (χ1n) is 21.4. The van der Waals surface area contributed by atoms with Gasteiger partial charge in [0, 0.05) is 16.2 Å². The van der Waals surface area contributed by atoms with Gasteiger partial charge in [0.25, 0.3) is 0 Å². The Morgan fingerprint density at radius 2 is 0.424 bits per heavy atom. The van der Waals surface area contributed by atoms with Gasteiger partial charge in [0.05, 0.1) is 51.2 Å². The molecule has 7 aromatic rings. The quantitative estimate of drug-likeness (QED) is 0.164. The van der Waals surface area contributed by atoms with Crippen LogP contribution in [0.2, 0.25) is 0 Å². The third kappa shape index (κ3) is 6.05. The number of anilines is 9. The van der Waals surface area contributed by atoms with Gasteiger partial charge < -0.3 is 14.7 Å². The maximum atomic E-state index is 17.1. The summed E-state index contributed by atoms with van der Waals surface area (Å²) in [6.45, 7) is 10.9. The summed E-state index contributed by atoms with van der Waals surface area (Å²) < 4.78 is 154. The zero-order valence-electron chi connectivity index (χ0n) is 36.6. The van der Waals surface area contributed by atoms with E-state index in [1.807, 2.05) is 41.5 Å². The lowest BCUT2D eigenvalue weighted by Crippen LogP contribution is -2.38. The first kappa shape index (κ1) is 43.2. The van der Waals surface area contributed by atoms with Crippen LogP contribution in [0, 0.1) is 0 Å². The van der Waals surface area contributed by atoms with Crippen LogP contribution in [0.25, 0.3) is 0 Å². The van der Waals surface area contributed by atoms with Crippen LogP contribution in [-0.2, 0) is 34.8 Å². The van der Waals surface area contributed by atoms with Crippen LogP contribution in [0.1, 0.15) is 91.6 Å². The second kappa shape index (κ2) is 14.2. The van der Waals surface area contributed by atoms with Gasteiger partial charge in [-0.3, -0.25) is 0 Å². The molecule has 0 aromatic heterocycles. The highest BCUT2D eigenvalue weighted by atomic mass is 19.4. The van der Waals surface area contributed by atoms with Crippen molar-refractivity contribution in [1.82, 2.24) is 0 Å². The SMILES string of the molecule is CC1(C)c2ccccc2N(c2c(C(F)(F)F)c(N3c4ccccc4C(C)(C)c4ccccc43)c(C(F)(F)F)c(N3c4ccccc4C(C)(C)c4ccccc43)c2C(F)(F)F)c2ccccc21. The van der Waals surface area contributed by atoms with Crippen molar-refractivity contribution < 1.29 is 39.5 Å². The first-order valence-corrected chi connectivity index (χ1v) is 21.4. The molecule has 7 aromatic carbocycles. The number of hydrogen-bond acceptors (Lipinski definition) is 3. The van der Waals surface area contributed by atoms with E-state index in [0.29, 0.717) is 33.4 Å². The molecule has 3 heterocycles. The van der Waals surface area contributed by atoms with Gasteiger partial charge >= 0.3 is 18.5 Å². The molecule has 0 radical (unpaired) electrons. The largest absolute Gasteiger partial charge is 0.420 e. The summed E-state index contributed by atoms with van der Waals surface area (Å²) in [5.74, 6) is 0. The van der Waals surface area contributed by atoms with Crippen molar-refractivity contribution in [2.24, 2.45) is 0 Å². The third-order valence-corrected chi connectivity index (χ3v) is 13.9. The number of hydrogen-bond donors (Lipinski definition) is 0. The molecule has 0 unspecified atom stereocenters. The van der Waals surface area contributed by atoms with Gasteiger partial charge in [0.2, 0.25) is 0 Å². The first-order chi connectivity index (χ1) is 31.0. The molecule has 3 aliphatic heterocycles. The van der Waals surface area contributed by atoms with Crippen molar-refractivity contribution in [3.8, 4) is 0 Å². The monoisotopic (exact) mass is 903 g/mol. The second-order valence-electron chi connectivity index (χ2n) is 18.6. The van der Waals surface area contributed by atoms with E-state index < -0.39 is 68.5 Å². The van der Waals surface area contributed by atoms with E-state index >= 15 is 39.5 Å². The Hall–Kier alpha value is -6.69. The zero-order valence-corrected chi connectivity index (χ0v) is 36.6. The molecule has 12 heteroatoms. The minimum absolute atomic E-state index is 0.0463. The molecule has 0 atom stereocenters. The smallest absolute Gasteiger partial charge is 0.308 e. The fourth-order valence-electron chi connectivity index (χ4n) is 10.9. The van der Waals surface area contributed by atoms with Crippen molar-refractivity contribution in [2.45, 2.75) is 76.3 Å². The predicted molar refractivity (Wildman–Crippen MR) is 242 cm³/mol. The molecule has 66 heavy (non-hydrogen) atoms. The summed E-state index contributed by atoms with van der Waals surface area (Å²) in [6, 6.07) is 37.1. The van der Waals surface area contributed by atoms with Crippen molar-refractivity contribution in [3.05, 3.63) is 196 Å². The molecule has 0 aliphatic carbocycles. The van der Waals surface area contributed by atoms with Gasteiger partial charge in [0.15, 0.2) is 0 Å². The van der Waals surface area contributed by atoms with Gasteiger partial charge in [0.1, 0.15) is 16.7 Å². The van der Waals surface area contributed by atoms with Gasteiger partial charge in [-0.05, 0) is 69.8 Å². The Labute approximate surface area is 376 Å². The average Bonchev–Trinajstić information content (AvgIpc) is 3.25. The van der Waals surface area contributed by atoms with Crippen molar-refractivity contribution >= 4 is 51.2 Å². The molecule has 3 aliphatic rings. The Balaban J connectivity index is 1.53. The highest BCUT2D eigenvalue weighted by molar-refractivity contribution is 6.02. The molecule has 3 nitrogen and oxygen atoms in total. The summed E-state index contributed by atoms with van der Waals surface area (Å²) in [4.78, 5) is 2.68. The molecule has 0 spiro atoms. The molecule has 0 saturated heterocycles. The van der Waals surface area contributed by atoms with E-state index in [0.717, 1.165) is 14.7 Å². The van der Waals surface area contributed by atoms with Gasteiger partial charge in [-0.15, -0.1) is 0 Å². The predicted octanol–water partition coefficient (Wildman–Crippen LogP) is 17.1. The lowest BCUT2D eigenvalue weighted by atomic mass is 9.72. The fourth-order valence-corrected chi connectivity index (χ4v) is 10.9. The molecule has 0 fully saturated rings. The maximum absolute atomic E-state index is 17.1. The van der Waals surface area contributed by atoms with E-state index in [9.17, 15) is 0 Å². The molecule has 0 amide bonds. The van der Waals surface area contributed by atoms with Crippen molar-refractivity contribution in [1.29, 1.82) is 0 Å². The van der Waals surface area contributed by atoms with Crippen LogP contribution >= 0.6 is 0 Å². The topological polar surface area (TPSA) is 9.72 Å². The van der Waals surface area contributed by atoms with Gasteiger partial charge in [-0.2, -0.15) is 39.5 Å². The van der Waals surface area contributed by atoms with Gasteiger partial charge in [-0.25, -0.2) is 0 Å². The number of halogens is 9. The number of fused-ring (bicyclic) bond motifs is 6. The average molecular weight is 904 g/mol. The number of para-hydroxylation sites is 6. The van der Waals surface area contributed by atoms with Crippen LogP contribution in [0.3, 0.4) is 0 Å². The highest BCUT2D eigenvalue weighted by Gasteiger charge is 2.58. The number of nitrogens with zero attached hydrogens (tertiary/aromatic N) is 3. The summed E-state index contributed by atoms with van der Waals surface area (Å²) in [7, 11) is 0. The molecular formula is C54H42F9N3. The summed E-state index contributed by atoms with van der Waals surface area (Å²) in [5, 5.41) is 0. The summed E-state index contributed by atoms with van der Waals surface area (Å²) in [5.41, 5.74) is -11.7. The summed E-state index contributed by atoms with van der Waals surface area (Å²) in [6.07, 6.45) is -17.6. The van der Waals surface area contributed by atoms with Crippen molar-refractivity contribution in [2.75, 3.05) is 14.7 Å². The van der Waals surface area contributed by atoms with E-state index in [2.05, 4.69) is 0 Å². The molecule has 0 N–H and O–H groups in total. The van der Waals surface area contributed by atoms with Crippen LogP contribution in [-0.4, -0.2) is 0 Å². The number of rotatable bonds is 3. The van der Waals surface area contributed by atoms with E-state index in [1.165, 1.54) is 72.8 Å². The van der Waals surface area contributed by atoms with Crippen molar-refractivity contribution in [3.63, 3.8) is 0 Å². The van der Waals surface area contributed by atoms with E-state index in [4.69, 9.17) is 0 Å². The Morgan fingerprint density at radius 1 is 0.273 bits per heavy atom. The Bertz CT molecular complexity index is 2620. The molecular weight excluding hydrogens is 862 g/mol. The Kier molecular flexibility index (Phi) is 9.27. The minimum Gasteiger partial charge on any atom is -0.308 e. The maximum Gasteiger partial charge on any atom is 0.420 e. The third-order valence-electron chi connectivity index (χ3n) is 13.9. The normalized spacial score (nSPS) is 16.7. The van der Waals surface area contributed by atoms with E-state index in [1.54, 1.807) is 72.8 Å². The summed E-state index contributed by atoms with van der Waals surface area (Å²) >= 11 is 0. The highest BCUT2D eigenvalue weighted by Crippen LogP contribution is 2.67. The van der Waals surface area contributed by atoms with Crippen LogP contribution < -0.4 is 14.7 Å². The van der Waals surface area contributed by atoms with Crippen LogP contribution in [0.5, 0.6) is 0 Å². The second-order valence-corrected chi connectivity index (χ2v) is 18.6. The molecule has 10 rings (SSSR count). The fraction of sp³-hybridized carbons (Fsp3) is 0.222. The van der Waals surface area contributed by atoms with Crippen LogP contribution in [0.4, 0.5) is 90.7 Å². The zero-order chi connectivity index (χ0) is 47.1. The van der Waals surface area contributed by atoms with E-state index in [-0.39, 0.29) is 34.1 Å². The molecule has 0 bridgehead atoms. The Morgan fingerprint density at radius 3 is 0.576 bits per heavy atom. The molecule has 0 saturated carbocycles. The van der Waals surface area contributed by atoms with Gasteiger partial charge in [-0.1, -0.05) is 151 Å². The lowest BCUT2D eigenvalue weighted by Gasteiger charge is -2.48. The number of benzene rings is 7. The lowest BCUT2D eigenvalue weighted by molar-refractivity contribution is -0.146.